The molecule has 3 rings (SSSR count). The Morgan fingerprint density at radius 3 is 2.34 bits per heavy atom. The molecule has 152 valence electrons. The molecule has 4 nitrogen and oxygen atoms in total. The van der Waals surface area contributed by atoms with Crippen molar-refractivity contribution in [1.29, 1.82) is 0 Å². The van der Waals surface area contributed by atoms with E-state index in [4.69, 9.17) is 0 Å². The predicted molar refractivity (Wildman–Crippen MR) is 108 cm³/mol. The predicted octanol–water partition coefficient (Wildman–Crippen LogP) is 3.86. The molecule has 7 heteroatoms. The van der Waals surface area contributed by atoms with E-state index in [9.17, 15) is 22.3 Å². The molecule has 0 spiro atoms. The summed E-state index contributed by atoms with van der Waals surface area (Å²) in [6.07, 6.45) is 0. The average Bonchev–Trinajstić information content (AvgIpc) is 2.69. The third-order valence-corrected chi connectivity index (χ3v) is 6.40. The molecule has 0 fully saturated rings. The first-order valence-corrected chi connectivity index (χ1v) is 10.6. The lowest BCUT2D eigenvalue weighted by Crippen LogP contribution is -2.20. The Morgan fingerprint density at radius 2 is 1.72 bits per heavy atom. The average molecular weight is 417 g/mol. The van der Waals surface area contributed by atoms with Crippen LogP contribution in [0.3, 0.4) is 0 Å². The number of aliphatic hydroxyl groups excluding tert-OH is 1. The summed E-state index contributed by atoms with van der Waals surface area (Å²) in [5.74, 6) is -1.58. The van der Waals surface area contributed by atoms with Gasteiger partial charge in [-0.2, -0.15) is 0 Å². The minimum absolute atomic E-state index is 0.103. The summed E-state index contributed by atoms with van der Waals surface area (Å²) in [4.78, 5) is 0.112. The molecule has 0 amide bonds. The zero-order valence-corrected chi connectivity index (χ0v) is 16.6. The van der Waals surface area contributed by atoms with Crippen molar-refractivity contribution in [3.05, 3.63) is 89.5 Å². The molecule has 1 atom stereocenters. The second-order valence-electron chi connectivity index (χ2n) is 6.68. The fraction of sp³-hybridized carbons (Fsp3) is 0.182. The van der Waals surface area contributed by atoms with Crippen LogP contribution >= 0.6 is 0 Å². The molecule has 0 aliphatic carbocycles. The van der Waals surface area contributed by atoms with Crippen LogP contribution in [0.5, 0.6) is 0 Å². The lowest BCUT2D eigenvalue weighted by molar-refractivity contribution is 0.251. The summed E-state index contributed by atoms with van der Waals surface area (Å²) in [6.45, 7) is -0.103. The Hall–Kier alpha value is -2.61. The zero-order chi connectivity index (χ0) is 21.0. The number of rotatable bonds is 7. The smallest absolute Gasteiger partial charge is 0.182 e. The van der Waals surface area contributed by atoms with Crippen molar-refractivity contribution < 1.29 is 22.3 Å². The summed E-state index contributed by atoms with van der Waals surface area (Å²) in [7, 11) is -1.90. The van der Waals surface area contributed by atoms with E-state index < -0.39 is 21.5 Å². The Labute approximate surface area is 168 Å². The quantitative estimate of drug-likeness (QED) is 0.613. The molecule has 3 aromatic rings. The van der Waals surface area contributed by atoms with Crippen LogP contribution in [0.1, 0.15) is 17.2 Å². The van der Waals surface area contributed by atoms with Crippen LogP contribution in [-0.2, 0) is 15.6 Å². The number of likely N-dealkylation sites (N-methyl/N-ethyl adjacent to an activating group) is 1. The van der Waals surface area contributed by atoms with Gasteiger partial charge in [0.1, 0.15) is 11.6 Å². The van der Waals surface area contributed by atoms with E-state index in [1.165, 1.54) is 30.3 Å². The van der Waals surface area contributed by atoms with Gasteiger partial charge in [0.15, 0.2) is 9.84 Å². The van der Waals surface area contributed by atoms with Crippen molar-refractivity contribution in [3.63, 3.8) is 0 Å². The topological polar surface area (TPSA) is 66.4 Å². The minimum atomic E-state index is -3.62. The molecular formula is C22H21F2NO3S. The maximum absolute atomic E-state index is 13.9. The number of hydrogen-bond acceptors (Lipinski definition) is 4. The van der Waals surface area contributed by atoms with Gasteiger partial charge in [-0.05, 0) is 48.0 Å². The second-order valence-corrected chi connectivity index (χ2v) is 8.67. The Morgan fingerprint density at radius 1 is 1.00 bits per heavy atom. The molecule has 2 N–H and O–H groups in total. The lowest BCUT2D eigenvalue weighted by atomic mass is 10.1. The first kappa shape index (κ1) is 21.1. The lowest BCUT2D eigenvalue weighted by Gasteiger charge is -2.14. The molecule has 0 aliphatic heterocycles. The summed E-state index contributed by atoms with van der Waals surface area (Å²) >= 11 is 0. The normalized spacial score (nSPS) is 12.7. The molecular weight excluding hydrogens is 396 g/mol. The number of halogens is 2. The van der Waals surface area contributed by atoms with Crippen molar-refractivity contribution in [3.8, 4) is 11.1 Å². The zero-order valence-electron chi connectivity index (χ0n) is 15.8. The van der Waals surface area contributed by atoms with Crippen molar-refractivity contribution in [2.45, 2.75) is 16.7 Å². The maximum Gasteiger partial charge on any atom is 0.182 e. The molecule has 0 bridgehead atoms. The summed E-state index contributed by atoms with van der Waals surface area (Å²) in [5.41, 5.74) is 2.06. The highest BCUT2D eigenvalue weighted by molar-refractivity contribution is 7.90. The van der Waals surface area contributed by atoms with E-state index in [1.807, 2.05) is 6.07 Å². The summed E-state index contributed by atoms with van der Waals surface area (Å²) < 4.78 is 52.6. The number of sulfone groups is 1. The summed E-state index contributed by atoms with van der Waals surface area (Å²) in [6, 6.07) is 15.9. The maximum atomic E-state index is 13.9. The van der Waals surface area contributed by atoms with Gasteiger partial charge < -0.3 is 10.4 Å². The van der Waals surface area contributed by atoms with Gasteiger partial charge in [-0.15, -0.1) is 0 Å². The number of benzene rings is 3. The van der Waals surface area contributed by atoms with Crippen molar-refractivity contribution in [2.24, 2.45) is 0 Å². The molecule has 0 radical (unpaired) electrons. The Kier molecular flexibility index (Phi) is 6.42. The third kappa shape index (κ3) is 4.87. The molecule has 3 aromatic carbocycles. The van der Waals surface area contributed by atoms with E-state index in [-0.39, 0.29) is 28.9 Å². The van der Waals surface area contributed by atoms with E-state index in [0.29, 0.717) is 11.1 Å². The van der Waals surface area contributed by atoms with E-state index >= 15 is 0 Å². The van der Waals surface area contributed by atoms with E-state index in [2.05, 4.69) is 5.32 Å². The first-order valence-electron chi connectivity index (χ1n) is 8.99. The highest BCUT2D eigenvalue weighted by Crippen LogP contribution is 2.26. The van der Waals surface area contributed by atoms with Gasteiger partial charge in [0.05, 0.1) is 23.3 Å². The molecule has 29 heavy (non-hydrogen) atoms. The largest absolute Gasteiger partial charge is 0.394 e. The minimum Gasteiger partial charge on any atom is -0.394 e. The van der Waals surface area contributed by atoms with Crippen LogP contribution in [-0.4, -0.2) is 27.2 Å². The van der Waals surface area contributed by atoms with Crippen molar-refractivity contribution >= 4 is 9.84 Å². The van der Waals surface area contributed by atoms with Crippen LogP contribution < -0.4 is 5.32 Å². The van der Waals surface area contributed by atoms with Crippen LogP contribution in [0.25, 0.3) is 11.1 Å². The van der Waals surface area contributed by atoms with Crippen molar-refractivity contribution in [1.82, 2.24) is 5.32 Å². The SMILES string of the molecule is CN[C@@H](CO)c1cccc(CS(=O)(=O)c2ccc(-c3ccc(F)cc3F)cc2)c1. The Balaban J connectivity index is 1.84. The van der Waals surface area contributed by atoms with Gasteiger partial charge in [-0.25, -0.2) is 17.2 Å². The van der Waals surface area contributed by atoms with Gasteiger partial charge in [0.2, 0.25) is 0 Å². The van der Waals surface area contributed by atoms with Gasteiger partial charge in [0, 0.05) is 11.6 Å². The van der Waals surface area contributed by atoms with Crippen LogP contribution in [0.2, 0.25) is 0 Å². The first-order chi connectivity index (χ1) is 13.8. The highest BCUT2D eigenvalue weighted by atomic mass is 32.2. The second kappa shape index (κ2) is 8.82. The number of aliphatic hydroxyl groups is 1. The van der Waals surface area contributed by atoms with E-state index in [0.717, 1.165) is 17.7 Å². The third-order valence-electron chi connectivity index (χ3n) is 4.70. The van der Waals surface area contributed by atoms with Crippen LogP contribution in [0.15, 0.2) is 71.6 Å². The highest BCUT2D eigenvalue weighted by Gasteiger charge is 2.17. The fourth-order valence-corrected chi connectivity index (χ4v) is 4.47. The van der Waals surface area contributed by atoms with Gasteiger partial charge in [0.25, 0.3) is 0 Å². The monoisotopic (exact) mass is 417 g/mol. The van der Waals surface area contributed by atoms with Gasteiger partial charge in [-0.1, -0.05) is 36.4 Å². The molecule has 0 unspecified atom stereocenters. The number of hydrogen-bond donors (Lipinski definition) is 2. The fourth-order valence-electron chi connectivity index (χ4n) is 3.13. The van der Waals surface area contributed by atoms with Crippen LogP contribution in [0, 0.1) is 11.6 Å². The van der Waals surface area contributed by atoms with Crippen LogP contribution in [0.4, 0.5) is 8.78 Å². The molecule has 0 aromatic heterocycles. The Bertz CT molecular complexity index is 1100. The molecule has 0 saturated carbocycles. The molecule has 0 aliphatic rings. The number of nitrogens with one attached hydrogen (secondary N) is 1. The van der Waals surface area contributed by atoms with E-state index in [1.54, 1.807) is 25.2 Å². The summed E-state index contributed by atoms with van der Waals surface area (Å²) in [5, 5.41) is 12.4. The molecule has 0 saturated heterocycles. The molecule has 0 heterocycles. The van der Waals surface area contributed by atoms with Gasteiger partial charge >= 0.3 is 0 Å². The van der Waals surface area contributed by atoms with Gasteiger partial charge in [-0.3, -0.25) is 0 Å². The standard InChI is InChI=1S/C22H21F2NO3S/c1-25-22(13-26)17-4-2-3-15(11-17)14-29(27,28)19-8-5-16(6-9-19)20-10-7-18(23)12-21(20)24/h2-12,22,25-26H,13-14H2,1H3/t22-/m0/s1. The van der Waals surface area contributed by atoms with Crippen molar-refractivity contribution in [2.75, 3.05) is 13.7 Å².